The van der Waals surface area contributed by atoms with E-state index < -0.39 is 0 Å². The smallest absolute Gasteiger partial charge is 0.00262 e. The molecule has 0 nitrogen and oxygen atoms in total. The van der Waals surface area contributed by atoms with Gasteiger partial charge in [0.1, 0.15) is 0 Å². The fourth-order valence-corrected chi connectivity index (χ4v) is 6.40. The minimum atomic E-state index is 1.19. The third kappa shape index (κ3) is 4.26. The lowest BCUT2D eigenvalue weighted by Gasteiger charge is -2.18. The summed E-state index contributed by atoms with van der Waals surface area (Å²) in [5, 5.41) is 10.2. The summed E-state index contributed by atoms with van der Waals surface area (Å²) in [7, 11) is 0. The molecular formula is C42H28. The van der Waals surface area contributed by atoms with Crippen LogP contribution in [0.15, 0.2) is 158 Å². The fourth-order valence-electron chi connectivity index (χ4n) is 6.40. The quantitative estimate of drug-likeness (QED) is 0.156. The average molecular weight is 533 g/mol. The Morgan fingerprint density at radius 2 is 0.738 bits per heavy atom. The van der Waals surface area contributed by atoms with Crippen molar-refractivity contribution < 1.29 is 0 Å². The summed E-state index contributed by atoms with van der Waals surface area (Å²) in [6, 6.07) is 57.3. The van der Waals surface area contributed by atoms with Gasteiger partial charge in [-0.25, -0.2) is 0 Å². The molecular weight excluding hydrogens is 504 g/mol. The van der Waals surface area contributed by atoms with E-state index in [0.29, 0.717) is 0 Å². The van der Waals surface area contributed by atoms with Crippen LogP contribution >= 0.6 is 0 Å². The molecule has 0 radical (unpaired) electrons. The molecule has 0 unspecified atom stereocenters. The van der Waals surface area contributed by atoms with Gasteiger partial charge in [0, 0.05) is 0 Å². The van der Waals surface area contributed by atoms with Crippen LogP contribution in [0.4, 0.5) is 0 Å². The SMILES string of the molecule is C(=C\c1ccc2ccccc2c1)/c1cccc(-c2c3ccccc3c(-c3ccc4ccccc4c3)c3ccccc23)c1. The lowest BCUT2D eigenvalue weighted by Crippen LogP contribution is -1.91. The zero-order valence-electron chi connectivity index (χ0n) is 23.2. The predicted octanol–water partition coefficient (Wildman–Crippen LogP) is 11.8. The molecule has 0 amide bonds. The van der Waals surface area contributed by atoms with Crippen molar-refractivity contribution in [2.75, 3.05) is 0 Å². The predicted molar refractivity (Wildman–Crippen MR) is 183 cm³/mol. The van der Waals surface area contributed by atoms with Gasteiger partial charge in [0.15, 0.2) is 0 Å². The highest BCUT2D eigenvalue weighted by Crippen LogP contribution is 2.44. The van der Waals surface area contributed by atoms with Crippen LogP contribution in [-0.4, -0.2) is 0 Å². The van der Waals surface area contributed by atoms with Gasteiger partial charge in [-0.1, -0.05) is 152 Å². The van der Waals surface area contributed by atoms with Crippen molar-refractivity contribution in [1.29, 1.82) is 0 Å². The Morgan fingerprint density at radius 3 is 1.33 bits per heavy atom. The van der Waals surface area contributed by atoms with Gasteiger partial charge in [-0.05, 0) is 94.7 Å². The molecule has 42 heavy (non-hydrogen) atoms. The van der Waals surface area contributed by atoms with Crippen LogP contribution in [0.1, 0.15) is 11.1 Å². The summed E-state index contributed by atoms with van der Waals surface area (Å²) in [6.45, 7) is 0. The standard InChI is InChI=1S/C42H28/c1-3-13-33-26-30(22-23-31(33)11-1)21-20-29-10-9-15-35(27-29)41-37-16-5-7-18-39(37)42(40-19-8-6-17-38(40)41)36-25-24-32-12-2-4-14-34(32)28-36/h1-28H/b21-20+. The van der Waals surface area contributed by atoms with Crippen LogP contribution in [0, 0.1) is 0 Å². The number of hydrogen-bond acceptors (Lipinski definition) is 0. The van der Waals surface area contributed by atoms with Crippen LogP contribution < -0.4 is 0 Å². The number of benzene rings is 8. The molecule has 196 valence electrons. The van der Waals surface area contributed by atoms with Crippen LogP contribution in [0.3, 0.4) is 0 Å². The second kappa shape index (κ2) is 10.2. The topological polar surface area (TPSA) is 0 Å². The van der Waals surface area contributed by atoms with E-state index in [0.717, 1.165) is 0 Å². The van der Waals surface area contributed by atoms with Gasteiger partial charge in [0.2, 0.25) is 0 Å². The van der Waals surface area contributed by atoms with Gasteiger partial charge >= 0.3 is 0 Å². The third-order valence-electron chi connectivity index (χ3n) is 8.39. The maximum atomic E-state index is 2.33. The summed E-state index contributed by atoms with van der Waals surface area (Å²) in [5.74, 6) is 0. The van der Waals surface area contributed by atoms with E-state index in [1.54, 1.807) is 0 Å². The molecule has 0 aromatic heterocycles. The zero-order valence-corrected chi connectivity index (χ0v) is 23.2. The number of fused-ring (bicyclic) bond motifs is 4. The maximum Gasteiger partial charge on any atom is -0.00262 e. The van der Waals surface area contributed by atoms with Crippen molar-refractivity contribution in [3.63, 3.8) is 0 Å². The van der Waals surface area contributed by atoms with Gasteiger partial charge in [0.05, 0.1) is 0 Å². The summed E-state index contributed by atoms with van der Waals surface area (Å²) < 4.78 is 0. The Labute approximate surface area is 245 Å². The van der Waals surface area contributed by atoms with Crippen molar-refractivity contribution in [2.45, 2.75) is 0 Å². The minimum Gasteiger partial charge on any atom is -0.0616 e. The Morgan fingerprint density at radius 1 is 0.286 bits per heavy atom. The first kappa shape index (κ1) is 24.3. The third-order valence-corrected chi connectivity index (χ3v) is 8.39. The van der Waals surface area contributed by atoms with E-state index in [-0.39, 0.29) is 0 Å². The van der Waals surface area contributed by atoms with E-state index in [4.69, 9.17) is 0 Å². The molecule has 0 bridgehead atoms. The first-order valence-electron chi connectivity index (χ1n) is 14.5. The molecule has 8 aromatic rings. The Bertz CT molecular complexity index is 2240. The van der Waals surface area contributed by atoms with Crippen LogP contribution in [-0.2, 0) is 0 Å². The van der Waals surface area contributed by atoms with E-state index >= 15 is 0 Å². The van der Waals surface area contributed by atoms with Crippen molar-refractivity contribution in [3.8, 4) is 22.3 Å². The van der Waals surface area contributed by atoms with Crippen molar-refractivity contribution in [2.24, 2.45) is 0 Å². The van der Waals surface area contributed by atoms with E-state index in [2.05, 4.69) is 170 Å². The summed E-state index contributed by atoms with van der Waals surface area (Å²) in [4.78, 5) is 0. The lowest BCUT2D eigenvalue weighted by atomic mass is 9.85. The lowest BCUT2D eigenvalue weighted by molar-refractivity contribution is 1.63. The molecule has 0 aliphatic rings. The maximum absolute atomic E-state index is 2.33. The average Bonchev–Trinajstić information content (AvgIpc) is 3.06. The molecule has 8 aromatic carbocycles. The van der Waals surface area contributed by atoms with Gasteiger partial charge in [-0.2, -0.15) is 0 Å². The van der Waals surface area contributed by atoms with Crippen molar-refractivity contribution >= 4 is 55.2 Å². The highest BCUT2D eigenvalue weighted by molar-refractivity contribution is 6.21. The van der Waals surface area contributed by atoms with Gasteiger partial charge in [0.25, 0.3) is 0 Å². The van der Waals surface area contributed by atoms with Crippen LogP contribution in [0.5, 0.6) is 0 Å². The van der Waals surface area contributed by atoms with Crippen molar-refractivity contribution in [1.82, 2.24) is 0 Å². The molecule has 8 rings (SSSR count). The summed E-state index contributed by atoms with van der Waals surface area (Å²) in [5.41, 5.74) is 7.45. The second-order valence-electron chi connectivity index (χ2n) is 11.0. The van der Waals surface area contributed by atoms with Crippen molar-refractivity contribution in [3.05, 3.63) is 169 Å². The highest BCUT2D eigenvalue weighted by Gasteiger charge is 2.16. The monoisotopic (exact) mass is 532 g/mol. The Hall–Kier alpha value is -5.46. The normalized spacial score (nSPS) is 11.7. The minimum absolute atomic E-state index is 1.19. The van der Waals surface area contributed by atoms with Gasteiger partial charge in [-0.3, -0.25) is 0 Å². The molecule has 0 heterocycles. The molecule has 0 aliphatic heterocycles. The molecule has 0 saturated heterocycles. The number of rotatable bonds is 4. The Balaban J connectivity index is 1.30. The summed E-state index contributed by atoms with van der Waals surface area (Å²) in [6.07, 6.45) is 4.44. The van der Waals surface area contributed by atoms with E-state index in [1.807, 2.05) is 0 Å². The fraction of sp³-hybridized carbons (Fsp3) is 0. The molecule has 0 N–H and O–H groups in total. The van der Waals surface area contributed by atoms with E-state index in [9.17, 15) is 0 Å². The first-order valence-corrected chi connectivity index (χ1v) is 14.5. The van der Waals surface area contributed by atoms with Crippen LogP contribution in [0.25, 0.3) is 77.5 Å². The van der Waals surface area contributed by atoms with Crippen LogP contribution in [0.2, 0.25) is 0 Å². The van der Waals surface area contributed by atoms with Gasteiger partial charge < -0.3 is 0 Å². The zero-order chi connectivity index (χ0) is 27.9. The largest absolute Gasteiger partial charge is 0.0616 e. The Kier molecular flexibility index (Phi) is 5.90. The molecule has 0 aliphatic carbocycles. The second-order valence-corrected chi connectivity index (χ2v) is 11.0. The highest BCUT2D eigenvalue weighted by atomic mass is 14.2. The molecule has 0 atom stereocenters. The molecule has 0 heteroatoms. The van der Waals surface area contributed by atoms with Gasteiger partial charge in [-0.15, -0.1) is 0 Å². The number of hydrogen-bond donors (Lipinski definition) is 0. The first-order chi connectivity index (χ1) is 20.8. The van der Waals surface area contributed by atoms with E-state index in [1.165, 1.54) is 76.5 Å². The molecule has 0 fully saturated rings. The molecule has 0 saturated carbocycles. The molecule has 0 spiro atoms. The summed E-state index contributed by atoms with van der Waals surface area (Å²) >= 11 is 0.